The van der Waals surface area contributed by atoms with Crippen molar-refractivity contribution in [1.29, 1.82) is 0 Å². The summed E-state index contributed by atoms with van der Waals surface area (Å²) in [5, 5.41) is 0.856. The maximum atomic E-state index is 13.4. The van der Waals surface area contributed by atoms with E-state index in [2.05, 4.69) is 0 Å². The van der Waals surface area contributed by atoms with Gasteiger partial charge in [0.05, 0.1) is 33.8 Å². The zero-order valence-corrected chi connectivity index (χ0v) is 17.1. The highest BCUT2D eigenvalue weighted by Crippen LogP contribution is 2.40. The zero-order valence-electron chi connectivity index (χ0n) is 17.1. The van der Waals surface area contributed by atoms with E-state index < -0.39 is 12.0 Å². The van der Waals surface area contributed by atoms with Crippen molar-refractivity contribution in [3.63, 3.8) is 0 Å². The van der Waals surface area contributed by atoms with Crippen molar-refractivity contribution < 1.29 is 28.2 Å². The summed E-state index contributed by atoms with van der Waals surface area (Å²) in [7, 11) is 4.47. The number of carbonyl (C=O) groups excluding carboxylic acids is 2. The molecule has 1 aliphatic rings. The molecular weight excluding hydrogens is 386 g/mol. The van der Waals surface area contributed by atoms with Crippen LogP contribution < -0.4 is 9.47 Å². The second-order valence-corrected chi connectivity index (χ2v) is 7.10. The van der Waals surface area contributed by atoms with Crippen LogP contribution in [-0.4, -0.2) is 44.7 Å². The molecule has 0 radical (unpaired) electrons. The lowest BCUT2D eigenvalue weighted by Gasteiger charge is -2.36. The van der Waals surface area contributed by atoms with Crippen LogP contribution in [0.4, 0.5) is 0 Å². The van der Waals surface area contributed by atoms with Gasteiger partial charge >= 0.3 is 5.97 Å². The van der Waals surface area contributed by atoms with Gasteiger partial charge in [0.1, 0.15) is 5.58 Å². The first-order valence-electron chi connectivity index (χ1n) is 9.67. The van der Waals surface area contributed by atoms with E-state index in [9.17, 15) is 9.59 Å². The standard InChI is InChI=1S/C23H23NO6/c1-27-19-10-14-8-9-24(17(13-22(25)29-3)16(14)12-20(19)28-2)23(26)21-11-15-6-4-5-7-18(15)30-21/h4-7,10-12,17H,8-9,13H2,1-3H3/t17-/m0/s1. The lowest BCUT2D eigenvalue weighted by Crippen LogP contribution is -2.41. The van der Waals surface area contributed by atoms with Crippen LogP contribution in [0.1, 0.15) is 34.1 Å². The second-order valence-electron chi connectivity index (χ2n) is 7.10. The molecule has 0 N–H and O–H groups in total. The first-order valence-corrected chi connectivity index (χ1v) is 9.67. The highest BCUT2D eigenvalue weighted by molar-refractivity contribution is 5.96. The van der Waals surface area contributed by atoms with Crippen molar-refractivity contribution in [3.05, 3.63) is 59.4 Å². The Labute approximate surface area is 174 Å². The number of rotatable bonds is 5. The number of furan rings is 1. The SMILES string of the molecule is COC(=O)C[C@H]1c2cc(OC)c(OC)cc2CCN1C(=O)c1cc2ccccc2o1. The lowest BCUT2D eigenvalue weighted by molar-refractivity contribution is -0.142. The Bertz CT molecular complexity index is 1070. The number of amides is 1. The van der Waals surface area contributed by atoms with E-state index in [4.69, 9.17) is 18.6 Å². The number of fused-ring (bicyclic) bond motifs is 2. The number of hydrogen-bond donors (Lipinski definition) is 0. The monoisotopic (exact) mass is 409 g/mol. The number of para-hydroxylation sites is 1. The highest BCUT2D eigenvalue weighted by atomic mass is 16.5. The van der Waals surface area contributed by atoms with Crippen molar-refractivity contribution >= 4 is 22.8 Å². The van der Waals surface area contributed by atoms with E-state index in [1.165, 1.54) is 7.11 Å². The van der Waals surface area contributed by atoms with Gasteiger partial charge in [-0.2, -0.15) is 0 Å². The van der Waals surface area contributed by atoms with E-state index in [1.807, 2.05) is 36.4 Å². The number of methoxy groups -OCH3 is 3. The van der Waals surface area contributed by atoms with Crippen LogP contribution in [-0.2, 0) is 16.0 Å². The third-order valence-electron chi connectivity index (χ3n) is 5.49. The topological polar surface area (TPSA) is 78.2 Å². The average Bonchev–Trinajstić information content (AvgIpc) is 3.22. The predicted molar refractivity (Wildman–Crippen MR) is 110 cm³/mol. The molecule has 0 spiro atoms. The molecule has 0 unspecified atom stereocenters. The van der Waals surface area contributed by atoms with Gasteiger partial charge in [-0.25, -0.2) is 0 Å². The van der Waals surface area contributed by atoms with E-state index in [0.29, 0.717) is 30.0 Å². The summed E-state index contributed by atoms with van der Waals surface area (Å²) in [5.74, 6) is 0.745. The number of ether oxygens (including phenoxy) is 3. The first-order chi connectivity index (χ1) is 14.5. The van der Waals surface area contributed by atoms with Gasteiger partial charge in [0.15, 0.2) is 17.3 Å². The van der Waals surface area contributed by atoms with Crippen LogP contribution in [0.5, 0.6) is 11.5 Å². The number of carbonyl (C=O) groups is 2. The van der Waals surface area contributed by atoms with Gasteiger partial charge in [0.2, 0.25) is 0 Å². The summed E-state index contributed by atoms with van der Waals surface area (Å²) >= 11 is 0. The molecule has 3 aromatic rings. The summed E-state index contributed by atoms with van der Waals surface area (Å²) < 4.78 is 21.5. The average molecular weight is 409 g/mol. The lowest BCUT2D eigenvalue weighted by atomic mass is 9.89. The molecule has 1 aliphatic heterocycles. The normalized spacial score (nSPS) is 15.6. The van der Waals surface area contributed by atoms with E-state index in [-0.39, 0.29) is 18.1 Å². The molecule has 7 heteroatoms. The summed E-state index contributed by atoms with van der Waals surface area (Å²) in [6, 6.07) is 12.4. The van der Waals surface area contributed by atoms with E-state index >= 15 is 0 Å². The fraction of sp³-hybridized carbons (Fsp3) is 0.304. The fourth-order valence-electron chi connectivity index (χ4n) is 3.96. The van der Waals surface area contributed by atoms with E-state index in [1.54, 1.807) is 25.2 Å². The molecule has 0 aliphatic carbocycles. The van der Waals surface area contributed by atoms with E-state index in [0.717, 1.165) is 16.5 Å². The van der Waals surface area contributed by atoms with Crippen molar-refractivity contribution in [2.45, 2.75) is 18.9 Å². The molecule has 0 fully saturated rings. The molecule has 30 heavy (non-hydrogen) atoms. The zero-order chi connectivity index (χ0) is 21.3. The molecule has 0 saturated carbocycles. The Morgan fingerprint density at radius 1 is 1.07 bits per heavy atom. The summed E-state index contributed by atoms with van der Waals surface area (Å²) in [6.07, 6.45) is 0.657. The number of benzene rings is 2. The highest BCUT2D eigenvalue weighted by Gasteiger charge is 2.35. The van der Waals surface area contributed by atoms with Gasteiger partial charge < -0.3 is 23.5 Å². The number of nitrogens with zero attached hydrogens (tertiary/aromatic N) is 1. The summed E-state index contributed by atoms with van der Waals surface area (Å²) in [6.45, 7) is 0.444. The minimum atomic E-state index is -0.498. The molecule has 2 heterocycles. The van der Waals surface area contributed by atoms with Crippen LogP contribution in [0, 0.1) is 0 Å². The number of esters is 1. The Morgan fingerprint density at radius 2 is 1.80 bits per heavy atom. The second kappa shape index (κ2) is 8.10. The predicted octanol–water partition coefficient (Wildman–Crippen LogP) is 3.75. The van der Waals surface area contributed by atoms with Gasteiger partial charge in [-0.15, -0.1) is 0 Å². The third kappa shape index (κ3) is 3.47. The fourth-order valence-corrected chi connectivity index (χ4v) is 3.96. The van der Waals surface area contributed by atoms with Crippen LogP contribution in [0.15, 0.2) is 46.9 Å². The molecule has 1 aromatic heterocycles. The molecule has 7 nitrogen and oxygen atoms in total. The molecular formula is C23H23NO6. The largest absolute Gasteiger partial charge is 0.493 e. The Kier molecular flexibility index (Phi) is 5.35. The van der Waals surface area contributed by atoms with Gasteiger partial charge in [0, 0.05) is 11.9 Å². The molecule has 0 saturated heterocycles. The van der Waals surface area contributed by atoms with Crippen molar-refractivity contribution in [2.24, 2.45) is 0 Å². The minimum Gasteiger partial charge on any atom is -0.493 e. The molecule has 1 amide bonds. The molecule has 2 aromatic carbocycles. The molecule has 156 valence electrons. The van der Waals surface area contributed by atoms with Crippen molar-refractivity contribution in [2.75, 3.05) is 27.9 Å². The Morgan fingerprint density at radius 3 is 2.50 bits per heavy atom. The maximum absolute atomic E-state index is 13.4. The third-order valence-corrected chi connectivity index (χ3v) is 5.49. The Balaban J connectivity index is 1.75. The van der Waals surface area contributed by atoms with Crippen LogP contribution in [0.2, 0.25) is 0 Å². The van der Waals surface area contributed by atoms with Crippen molar-refractivity contribution in [1.82, 2.24) is 4.90 Å². The van der Waals surface area contributed by atoms with Crippen LogP contribution in [0.25, 0.3) is 11.0 Å². The van der Waals surface area contributed by atoms with Gasteiger partial charge in [0.25, 0.3) is 5.91 Å². The Hall–Kier alpha value is -3.48. The summed E-state index contributed by atoms with van der Waals surface area (Å²) in [4.78, 5) is 27.2. The minimum absolute atomic E-state index is 0.0327. The smallest absolute Gasteiger partial charge is 0.307 e. The maximum Gasteiger partial charge on any atom is 0.307 e. The molecule has 0 bridgehead atoms. The van der Waals surface area contributed by atoms with Gasteiger partial charge in [-0.05, 0) is 41.8 Å². The quantitative estimate of drug-likeness (QED) is 0.597. The molecule has 1 atom stereocenters. The van der Waals surface area contributed by atoms with Crippen LogP contribution in [0.3, 0.4) is 0 Å². The van der Waals surface area contributed by atoms with Crippen LogP contribution >= 0.6 is 0 Å². The first kappa shape index (κ1) is 19.8. The number of hydrogen-bond acceptors (Lipinski definition) is 6. The molecule has 4 rings (SSSR count). The van der Waals surface area contributed by atoms with Gasteiger partial charge in [-0.3, -0.25) is 9.59 Å². The summed E-state index contributed by atoms with van der Waals surface area (Å²) in [5.41, 5.74) is 2.50. The van der Waals surface area contributed by atoms with Crippen molar-refractivity contribution in [3.8, 4) is 11.5 Å². The van der Waals surface area contributed by atoms with Gasteiger partial charge in [-0.1, -0.05) is 18.2 Å².